The largest absolute Gasteiger partial charge is 0.497 e. The van der Waals surface area contributed by atoms with Crippen LogP contribution in [-0.4, -0.2) is 19.2 Å². The van der Waals surface area contributed by atoms with Gasteiger partial charge in [-0.15, -0.1) is 0 Å². The van der Waals surface area contributed by atoms with Crippen molar-refractivity contribution < 1.29 is 9.47 Å². The summed E-state index contributed by atoms with van der Waals surface area (Å²) in [5, 5.41) is 0. The number of methoxy groups -OCH3 is 2. The van der Waals surface area contributed by atoms with Gasteiger partial charge in [-0.2, -0.15) is 0 Å². The van der Waals surface area contributed by atoms with E-state index < -0.39 is 0 Å². The fourth-order valence-electron chi connectivity index (χ4n) is 1.58. The van der Waals surface area contributed by atoms with Crippen molar-refractivity contribution in [2.45, 2.75) is 0 Å². The van der Waals surface area contributed by atoms with Crippen LogP contribution in [0.2, 0.25) is 0 Å². The molecule has 17 heavy (non-hydrogen) atoms. The van der Waals surface area contributed by atoms with Gasteiger partial charge in [-0.25, -0.2) is 0 Å². The van der Waals surface area contributed by atoms with Crippen LogP contribution in [0.15, 0.2) is 36.5 Å². The van der Waals surface area contributed by atoms with E-state index in [1.807, 2.05) is 36.5 Å². The Kier molecular flexibility index (Phi) is 3.44. The van der Waals surface area contributed by atoms with Crippen LogP contribution in [0.5, 0.6) is 11.5 Å². The number of hydrogen-bond donors (Lipinski definition) is 1. The third-order valence-electron chi connectivity index (χ3n) is 2.44. The molecule has 0 unspecified atom stereocenters. The van der Waals surface area contributed by atoms with Crippen LogP contribution >= 0.6 is 12.2 Å². The Morgan fingerprint density at radius 1 is 1.00 bits per heavy atom. The minimum atomic E-state index is 0.752. The maximum atomic E-state index is 5.23. The normalized spacial score (nSPS) is 10.0. The van der Waals surface area contributed by atoms with Gasteiger partial charge in [0.1, 0.15) is 11.5 Å². The summed E-state index contributed by atoms with van der Waals surface area (Å²) in [6, 6.07) is 9.45. The Hall–Kier alpha value is -1.81. The smallest absolute Gasteiger partial charge is 0.123 e. The minimum Gasteiger partial charge on any atom is -0.497 e. The van der Waals surface area contributed by atoms with Gasteiger partial charge in [0.25, 0.3) is 0 Å². The molecule has 4 heteroatoms. The van der Waals surface area contributed by atoms with Crippen LogP contribution in [0.4, 0.5) is 0 Å². The molecule has 88 valence electrons. The molecule has 1 aromatic carbocycles. The minimum absolute atomic E-state index is 0.752. The number of aromatic amines is 1. The molecule has 0 aliphatic rings. The maximum Gasteiger partial charge on any atom is 0.123 e. The predicted molar refractivity (Wildman–Crippen MR) is 70.2 cm³/mol. The Balaban J connectivity index is 2.54. The number of nitrogens with one attached hydrogen (secondary N) is 1. The van der Waals surface area contributed by atoms with E-state index in [-0.39, 0.29) is 0 Å². The van der Waals surface area contributed by atoms with Crippen molar-refractivity contribution in [1.29, 1.82) is 0 Å². The summed E-state index contributed by atoms with van der Waals surface area (Å²) < 4.78 is 11.3. The molecule has 2 rings (SSSR count). The van der Waals surface area contributed by atoms with Crippen LogP contribution in [0.3, 0.4) is 0 Å². The molecule has 0 aliphatic heterocycles. The fourth-order valence-corrected chi connectivity index (χ4v) is 1.76. The van der Waals surface area contributed by atoms with Gasteiger partial charge in [0.05, 0.1) is 14.2 Å². The Morgan fingerprint density at radius 3 is 2.18 bits per heavy atom. The van der Waals surface area contributed by atoms with E-state index in [4.69, 9.17) is 21.7 Å². The van der Waals surface area contributed by atoms with E-state index in [0.717, 1.165) is 27.3 Å². The van der Waals surface area contributed by atoms with Crippen LogP contribution in [0.25, 0.3) is 11.3 Å². The lowest BCUT2D eigenvalue weighted by Crippen LogP contribution is -1.90. The molecule has 2 aromatic rings. The van der Waals surface area contributed by atoms with E-state index in [1.54, 1.807) is 14.2 Å². The quantitative estimate of drug-likeness (QED) is 0.844. The van der Waals surface area contributed by atoms with Gasteiger partial charge in [-0.1, -0.05) is 12.2 Å². The van der Waals surface area contributed by atoms with Crippen LogP contribution in [-0.2, 0) is 0 Å². The average molecular weight is 247 g/mol. The highest BCUT2D eigenvalue weighted by molar-refractivity contribution is 7.71. The first kappa shape index (κ1) is 11.7. The van der Waals surface area contributed by atoms with Gasteiger partial charge in [-0.05, 0) is 24.3 Å². The van der Waals surface area contributed by atoms with E-state index in [1.165, 1.54) is 0 Å². The van der Waals surface area contributed by atoms with Crippen molar-refractivity contribution >= 4 is 12.2 Å². The molecule has 0 aliphatic carbocycles. The molecule has 0 bridgehead atoms. The summed E-state index contributed by atoms with van der Waals surface area (Å²) in [4.78, 5) is 3.15. The van der Waals surface area contributed by atoms with E-state index in [2.05, 4.69) is 4.98 Å². The van der Waals surface area contributed by atoms with Gasteiger partial charge in [-0.3, -0.25) is 0 Å². The second-order valence-electron chi connectivity index (χ2n) is 3.54. The lowest BCUT2D eigenvalue weighted by Gasteiger charge is -2.08. The zero-order chi connectivity index (χ0) is 12.3. The number of hydrogen-bond acceptors (Lipinski definition) is 3. The first-order valence-electron chi connectivity index (χ1n) is 5.15. The highest BCUT2D eigenvalue weighted by Crippen LogP contribution is 2.28. The summed E-state index contributed by atoms with van der Waals surface area (Å²) >= 11 is 5.14. The maximum absolute atomic E-state index is 5.23. The predicted octanol–water partition coefficient (Wildman–Crippen LogP) is 3.43. The highest BCUT2D eigenvalue weighted by atomic mass is 32.1. The number of aromatic nitrogens is 1. The summed E-state index contributed by atoms with van der Waals surface area (Å²) in [5.41, 5.74) is 1.92. The molecular weight excluding hydrogens is 234 g/mol. The second-order valence-corrected chi connectivity index (χ2v) is 4.01. The first-order valence-corrected chi connectivity index (χ1v) is 5.56. The zero-order valence-corrected chi connectivity index (χ0v) is 10.5. The van der Waals surface area contributed by atoms with Crippen LogP contribution in [0, 0.1) is 4.51 Å². The molecule has 1 aromatic heterocycles. The van der Waals surface area contributed by atoms with Gasteiger partial charge < -0.3 is 14.5 Å². The van der Waals surface area contributed by atoms with Crippen molar-refractivity contribution in [2.24, 2.45) is 0 Å². The zero-order valence-electron chi connectivity index (χ0n) is 9.69. The average Bonchev–Trinajstić information content (AvgIpc) is 2.38. The van der Waals surface area contributed by atoms with Crippen LogP contribution in [0.1, 0.15) is 0 Å². The lowest BCUT2D eigenvalue weighted by molar-refractivity contribution is 0.394. The fraction of sp³-hybridized carbons (Fsp3) is 0.154. The summed E-state index contributed by atoms with van der Waals surface area (Å²) in [6.07, 6.45) is 1.82. The highest BCUT2D eigenvalue weighted by Gasteiger charge is 2.04. The summed E-state index contributed by atoms with van der Waals surface area (Å²) in [5.74, 6) is 1.50. The second kappa shape index (κ2) is 5.01. The Bertz CT molecular complexity index is 555. The van der Waals surface area contributed by atoms with Crippen molar-refractivity contribution in [2.75, 3.05) is 14.2 Å². The SMILES string of the molecule is COc1cc(OC)cc(-c2cc(=S)cc[nH]2)c1. The number of benzene rings is 1. The molecule has 0 atom stereocenters. The molecule has 1 N–H and O–H groups in total. The van der Waals surface area contributed by atoms with Crippen molar-refractivity contribution in [3.8, 4) is 22.8 Å². The standard InChI is InChI=1S/C13H13NO2S/c1-15-10-5-9(6-11(7-10)16-2)13-8-12(17)3-4-14-13/h3-8H,1-2H3,(H,14,17). The molecule has 1 heterocycles. The van der Waals surface area contributed by atoms with Gasteiger partial charge >= 0.3 is 0 Å². The molecule has 0 saturated heterocycles. The third-order valence-corrected chi connectivity index (χ3v) is 2.69. The number of rotatable bonds is 3. The topological polar surface area (TPSA) is 34.2 Å². The summed E-state index contributed by atoms with van der Waals surface area (Å²) in [6.45, 7) is 0. The Morgan fingerprint density at radius 2 is 1.65 bits per heavy atom. The van der Waals surface area contributed by atoms with Crippen molar-refractivity contribution in [3.05, 3.63) is 41.0 Å². The van der Waals surface area contributed by atoms with Crippen molar-refractivity contribution in [3.63, 3.8) is 0 Å². The molecule has 3 nitrogen and oxygen atoms in total. The molecule has 0 radical (unpaired) electrons. The molecule has 0 spiro atoms. The van der Waals surface area contributed by atoms with E-state index in [9.17, 15) is 0 Å². The lowest BCUT2D eigenvalue weighted by atomic mass is 10.1. The van der Waals surface area contributed by atoms with Gasteiger partial charge in [0.2, 0.25) is 0 Å². The number of ether oxygens (including phenoxy) is 2. The number of H-pyrrole nitrogens is 1. The monoisotopic (exact) mass is 247 g/mol. The number of pyridine rings is 1. The van der Waals surface area contributed by atoms with E-state index >= 15 is 0 Å². The first-order chi connectivity index (χ1) is 8.22. The van der Waals surface area contributed by atoms with Gasteiger partial charge in [0, 0.05) is 28.0 Å². The Labute approximate surface area is 105 Å². The molecule has 0 amide bonds. The third kappa shape index (κ3) is 2.65. The van der Waals surface area contributed by atoms with E-state index in [0.29, 0.717) is 0 Å². The van der Waals surface area contributed by atoms with Gasteiger partial charge in [0.15, 0.2) is 0 Å². The van der Waals surface area contributed by atoms with Crippen LogP contribution < -0.4 is 9.47 Å². The molecular formula is C13H13NO2S. The summed E-state index contributed by atoms with van der Waals surface area (Å²) in [7, 11) is 3.26. The molecule has 0 fully saturated rings. The van der Waals surface area contributed by atoms with Crippen molar-refractivity contribution in [1.82, 2.24) is 4.98 Å². The molecule has 0 saturated carbocycles.